The smallest absolute Gasteiger partial charge is 0.262 e. The molecule has 0 aliphatic carbocycles. The fourth-order valence-corrected chi connectivity index (χ4v) is 4.75. The third kappa shape index (κ3) is 4.09. The Morgan fingerprint density at radius 3 is 2.50 bits per heavy atom. The molecule has 9 nitrogen and oxygen atoms in total. The number of nitrogens with two attached hydrogens (primary N) is 1. The summed E-state index contributed by atoms with van der Waals surface area (Å²) in [7, 11) is -2.19. The van der Waals surface area contributed by atoms with Gasteiger partial charge in [0.15, 0.2) is 5.65 Å². The number of anilines is 1. The van der Waals surface area contributed by atoms with Gasteiger partial charge in [-0.3, -0.25) is 4.79 Å². The molecule has 0 spiro atoms. The molecule has 0 bridgehead atoms. The predicted molar refractivity (Wildman–Crippen MR) is 124 cm³/mol. The van der Waals surface area contributed by atoms with Crippen LogP contribution in [0, 0.1) is 6.92 Å². The molecule has 4 N–H and O–H groups in total. The van der Waals surface area contributed by atoms with Gasteiger partial charge in [0.1, 0.15) is 16.9 Å². The third-order valence-electron chi connectivity index (χ3n) is 4.88. The monoisotopic (exact) mass is 492 g/mol. The Morgan fingerprint density at radius 2 is 1.88 bits per heavy atom. The Bertz CT molecular complexity index is 1510. The number of primary sulfonamides is 1. The number of hydrogen-bond acceptors (Lipinski definition) is 6. The minimum Gasteiger partial charge on any atom is -0.388 e. The van der Waals surface area contributed by atoms with E-state index in [9.17, 15) is 13.2 Å². The van der Waals surface area contributed by atoms with E-state index in [4.69, 9.17) is 28.3 Å². The van der Waals surface area contributed by atoms with Crippen LogP contribution < -0.4 is 16.0 Å². The number of hydrogen-bond donors (Lipinski definition) is 3. The zero-order valence-electron chi connectivity index (χ0n) is 17.0. The van der Waals surface area contributed by atoms with Crippen LogP contribution in [0.3, 0.4) is 0 Å². The van der Waals surface area contributed by atoms with Crippen LogP contribution in [-0.2, 0) is 16.4 Å². The lowest BCUT2D eigenvalue weighted by Gasteiger charge is -2.10. The molecule has 0 aliphatic heterocycles. The number of nitrogens with one attached hydrogen (secondary N) is 2. The number of H-pyrrole nitrogens is 1. The van der Waals surface area contributed by atoms with Crippen molar-refractivity contribution in [1.82, 2.24) is 19.7 Å². The van der Waals surface area contributed by atoms with Crippen LogP contribution in [0.4, 0.5) is 5.69 Å². The molecule has 2 aromatic carbocycles. The van der Waals surface area contributed by atoms with Gasteiger partial charge in [0.2, 0.25) is 10.0 Å². The third-order valence-corrected chi connectivity index (χ3v) is 6.35. The first kappa shape index (κ1) is 22.3. The van der Waals surface area contributed by atoms with Crippen molar-refractivity contribution in [2.75, 3.05) is 12.4 Å². The summed E-state index contributed by atoms with van der Waals surface area (Å²) in [5.74, 6) is 0.422. The van der Waals surface area contributed by atoms with Crippen molar-refractivity contribution in [3.8, 4) is 5.69 Å². The van der Waals surface area contributed by atoms with Crippen molar-refractivity contribution >= 4 is 49.9 Å². The van der Waals surface area contributed by atoms with Gasteiger partial charge in [-0.2, -0.15) is 5.10 Å². The largest absolute Gasteiger partial charge is 0.388 e. The molecular formula is C20H18Cl2N6O3S. The maximum absolute atomic E-state index is 12.8. The maximum Gasteiger partial charge on any atom is 0.262 e. The van der Waals surface area contributed by atoms with E-state index >= 15 is 0 Å². The Balaban J connectivity index is 1.89. The molecule has 0 saturated carbocycles. The van der Waals surface area contributed by atoms with Gasteiger partial charge < -0.3 is 10.3 Å². The molecule has 2 heterocycles. The summed E-state index contributed by atoms with van der Waals surface area (Å²) < 4.78 is 24.7. The van der Waals surface area contributed by atoms with Crippen LogP contribution in [0.5, 0.6) is 0 Å². The Morgan fingerprint density at radius 1 is 1.19 bits per heavy atom. The van der Waals surface area contributed by atoms with Crippen molar-refractivity contribution in [2.24, 2.45) is 5.14 Å². The molecule has 32 heavy (non-hydrogen) atoms. The summed E-state index contributed by atoms with van der Waals surface area (Å²) >= 11 is 12.7. The second-order valence-electron chi connectivity index (χ2n) is 7.12. The number of halogens is 2. The number of benzene rings is 2. The summed E-state index contributed by atoms with van der Waals surface area (Å²) in [5.41, 5.74) is 2.38. The molecule has 0 fully saturated rings. The Hall–Kier alpha value is -2.92. The normalized spacial score (nSPS) is 11.8. The van der Waals surface area contributed by atoms with E-state index in [1.54, 1.807) is 6.92 Å². The van der Waals surface area contributed by atoms with Crippen LogP contribution in [0.15, 0.2) is 46.1 Å². The van der Waals surface area contributed by atoms with E-state index in [0.29, 0.717) is 17.9 Å². The van der Waals surface area contributed by atoms with Crippen LogP contribution in [0.1, 0.15) is 17.1 Å². The SMILES string of the molecule is CNc1cccc(Cc2nc3c(c(C)nn3-c3c(Cl)cc(S(N)(=O)=O)cc3Cl)c(=O)[nH]2)c1. The molecule has 4 rings (SSSR count). The van der Waals surface area contributed by atoms with Crippen molar-refractivity contribution in [1.29, 1.82) is 0 Å². The van der Waals surface area contributed by atoms with Crippen molar-refractivity contribution in [3.05, 3.63) is 73.9 Å². The second-order valence-corrected chi connectivity index (χ2v) is 9.49. The van der Waals surface area contributed by atoms with Gasteiger partial charge in [-0.05, 0) is 36.8 Å². The van der Waals surface area contributed by atoms with E-state index in [1.807, 2.05) is 31.3 Å². The molecule has 0 unspecified atom stereocenters. The quantitative estimate of drug-likeness (QED) is 0.391. The number of nitrogens with zero attached hydrogens (tertiary/aromatic N) is 3. The number of fused-ring (bicyclic) bond motifs is 1. The highest BCUT2D eigenvalue weighted by Gasteiger charge is 2.21. The molecule has 0 saturated heterocycles. The highest BCUT2D eigenvalue weighted by Crippen LogP contribution is 2.33. The highest BCUT2D eigenvalue weighted by molar-refractivity contribution is 7.89. The van der Waals surface area contributed by atoms with Crippen LogP contribution in [-0.4, -0.2) is 35.2 Å². The van der Waals surface area contributed by atoms with Crippen molar-refractivity contribution < 1.29 is 8.42 Å². The number of aromatic amines is 1. The Labute approximate surface area is 193 Å². The first-order chi connectivity index (χ1) is 15.1. The molecule has 0 radical (unpaired) electrons. The molecule has 166 valence electrons. The average Bonchev–Trinajstić information content (AvgIpc) is 3.03. The summed E-state index contributed by atoms with van der Waals surface area (Å²) in [4.78, 5) is 20.0. The minimum atomic E-state index is -4.01. The molecule has 0 amide bonds. The number of sulfonamides is 1. The van der Waals surface area contributed by atoms with Gasteiger partial charge in [0.25, 0.3) is 5.56 Å². The number of aromatic nitrogens is 4. The number of aryl methyl sites for hydroxylation is 1. The minimum absolute atomic E-state index is 0.00345. The predicted octanol–water partition coefficient (Wildman–Crippen LogP) is 3.00. The topological polar surface area (TPSA) is 136 Å². The zero-order valence-corrected chi connectivity index (χ0v) is 19.3. The van der Waals surface area contributed by atoms with Crippen LogP contribution in [0.2, 0.25) is 10.0 Å². The first-order valence-corrected chi connectivity index (χ1v) is 11.7. The Kier molecular flexibility index (Phi) is 5.72. The maximum atomic E-state index is 12.8. The zero-order chi connectivity index (χ0) is 23.2. The molecule has 0 atom stereocenters. The average molecular weight is 493 g/mol. The highest BCUT2D eigenvalue weighted by atomic mass is 35.5. The van der Waals surface area contributed by atoms with E-state index in [1.165, 1.54) is 16.8 Å². The summed E-state index contributed by atoms with van der Waals surface area (Å²) in [6.45, 7) is 1.66. The molecule has 2 aromatic heterocycles. The van der Waals surface area contributed by atoms with Gasteiger partial charge in [0.05, 0.1) is 20.6 Å². The second kappa shape index (κ2) is 8.21. The summed E-state index contributed by atoms with van der Waals surface area (Å²) in [6.07, 6.45) is 0.372. The molecule has 12 heteroatoms. The van der Waals surface area contributed by atoms with Crippen molar-refractivity contribution in [2.45, 2.75) is 18.2 Å². The first-order valence-electron chi connectivity index (χ1n) is 9.36. The molecule has 0 aliphatic rings. The number of rotatable bonds is 5. The van der Waals surface area contributed by atoms with E-state index in [0.717, 1.165) is 11.3 Å². The van der Waals surface area contributed by atoms with Crippen molar-refractivity contribution in [3.63, 3.8) is 0 Å². The van der Waals surface area contributed by atoms with Gasteiger partial charge in [0, 0.05) is 19.2 Å². The lowest BCUT2D eigenvalue weighted by Crippen LogP contribution is -2.14. The lowest BCUT2D eigenvalue weighted by atomic mass is 10.1. The van der Waals surface area contributed by atoms with Gasteiger partial charge in [-0.15, -0.1) is 0 Å². The standard InChI is InChI=1S/C20H18Cl2N6O3S/c1-10-17-19(25-16(26-20(17)29)7-11-4-3-5-12(6-11)24-2)28(27-10)18-14(21)8-13(9-15(18)22)32(23,30)31/h3-6,8-9,24H,7H2,1-2H3,(H2,23,30,31)(H,25,26,29). The van der Waals surface area contributed by atoms with E-state index < -0.39 is 10.0 Å². The lowest BCUT2D eigenvalue weighted by molar-refractivity contribution is 0.598. The summed E-state index contributed by atoms with van der Waals surface area (Å²) in [6, 6.07) is 10.1. The molecule has 4 aromatic rings. The van der Waals surface area contributed by atoms with E-state index in [2.05, 4.69) is 20.4 Å². The van der Waals surface area contributed by atoms with Gasteiger partial charge >= 0.3 is 0 Å². The van der Waals surface area contributed by atoms with Gasteiger partial charge in [-0.25, -0.2) is 23.2 Å². The van der Waals surface area contributed by atoms with Gasteiger partial charge in [-0.1, -0.05) is 35.3 Å². The van der Waals surface area contributed by atoms with Crippen LogP contribution in [0.25, 0.3) is 16.7 Å². The molecular weight excluding hydrogens is 475 g/mol. The summed E-state index contributed by atoms with van der Waals surface area (Å²) in [5, 5.41) is 12.9. The fourth-order valence-electron chi connectivity index (χ4n) is 3.41. The fraction of sp³-hybridized carbons (Fsp3) is 0.150. The van der Waals surface area contributed by atoms with Crippen LogP contribution >= 0.6 is 23.2 Å². The van der Waals surface area contributed by atoms with E-state index in [-0.39, 0.29) is 37.2 Å².